The summed E-state index contributed by atoms with van der Waals surface area (Å²) in [5.41, 5.74) is 1.03. The molecule has 0 bridgehead atoms. The number of carboxylic acids is 1. The first-order valence-electron chi connectivity index (χ1n) is 10.3. The summed E-state index contributed by atoms with van der Waals surface area (Å²) >= 11 is 1.59. The number of thioether (sulfide) groups is 1. The second-order valence-corrected chi connectivity index (χ2v) is 9.20. The molecule has 5 nitrogen and oxygen atoms in total. The van der Waals surface area contributed by atoms with Gasteiger partial charge in [-0.2, -0.15) is 13.2 Å². The molecule has 3 rings (SSSR count). The summed E-state index contributed by atoms with van der Waals surface area (Å²) in [5, 5.41) is 10.6. The minimum atomic E-state index is -4.40. The van der Waals surface area contributed by atoms with Gasteiger partial charge in [0.2, 0.25) is 0 Å². The lowest BCUT2D eigenvalue weighted by Crippen LogP contribution is -2.37. The minimum absolute atomic E-state index is 0.445. The normalized spacial score (nSPS) is 11.9. The second kappa shape index (κ2) is 9.99. The Balaban J connectivity index is 1.70. The second-order valence-electron chi connectivity index (χ2n) is 8.15. The average molecular weight is 491 g/mol. The van der Waals surface area contributed by atoms with Crippen LogP contribution in [-0.2, 0) is 16.7 Å². The van der Waals surface area contributed by atoms with E-state index < -0.39 is 23.3 Å². The zero-order valence-electron chi connectivity index (χ0n) is 18.9. The summed E-state index contributed by atoms with van der Waals surface area (Å²) in [4.78, 5) is 12.2. The number of ether oxygens (including phenoxy) is 1. The number of aliphatic carboxylic acids is 1. The molecule has 0 atom stereocenters. The average Bonchev–Trinajstić information content (AvgIpc) is 2.78. The Kier molecular flexibility index (Phi) is 7.48. The summed E-state index contributed by atoms with van der Waals surface area (Å²) in [6.07, 6.45) is -4.40. The number of hydrazine groups is 1. The van der Waals surface area contributed by atoms with Crippen LogP contribution in [0.5, 0.6) is 5.75 Å². The van der Waals surface area contributed by atoms with Gasteiger partial charge in [-0.25, -0.2) is 10.6 Å². The van der Waals surface area contributed by atoms with Gasteiger partial charge in [-0.05, 0) is 86.5 Å². The molecule has 0 spiro atoms. The van der Waals surface area contributed by atoms with E-state index in [9.17, 15) is 23.1 Å². The van der Waals surface area contributed by atoms with Gasteiger partial charge in [0.1, 0.15) is 5.75 Å². The van der Waals surface area contributed by atoms with Gasteiger partial charge in [-0.15, -0.1) is 11.8 Å². The molecule has 0 aliphatic carbocycles. The summed E-state index contributed by atoms with van der Waals surface area (Å²) in [6.45, 7) is 4.89. The zero-order chi connectivity index (χ0) is 25.1. The lowest BCUT2D eigenvalue weighted by atomic mass is 10.1. The Morgan fingerprint density at radius 2 is 1.65 bits per heavy atom. The van der Waals surface area contributed by atoms with Crippen molar-refractivity contribution in [3.05, 3.63) is 83.4 Å². The molecule has 0 amide bonds. The lowest BCUT2D eigenvalue weighted by molar-refractivity contribution is -0.152. The molecule has 9 heteroatoms. The smallest absolute Gasteiger partial charge is 0.416 e. The quantitative estimate of drug-likeness (QED) is 0.212. The van der Waals surface area contributed by atoms with Gasteiger partial charge >= 0.3 is 12.1 Å². The molecular formula is C25H25F3N2O3S. The molecule has 0 saturated heterocycles. The van der Waals surface area contributed by atoms with Gasteiger partial charge in [0.15, 0.2) is 5.60 Å². The summed E-state index contributed by atoms with van der Waals surface area (Å²) in [6, 6.07) is 17.5. The number of nitrogens with two attached hydrogens (primary N) is 1. The Bertz CT molecular complexity index is 1150. The number of carbonyl (C=O) groups is 1. The summed E-state index contributed by atoms with van der Waals surface area (Å²) < 4.78 is 44.0. The maximum absolute atomic E-state index is 12.8. The van der Waals surface area contributed by atoms with Crippen molar-refractivity contribution >= 4 is 29.1 Å². The zero-order valence-corrected chi connectivity index (χ0v) is 19.7. The number of hydrogen-bond donors (Lipinski definition) is 2. The van der Waals surface area contributed by atoms with Gasteiger partial charge < -0.3 is 9.84 Å². The Morgan fingerprint density at radius 1 is 1.03 bits per heavy atom. The highest BCUT2D eigenvalue weighted by molar-refractivity contribution is 7.98. The predicted octanol–water partition coefficient (Wildman–Crippen LogP) is 6.56. The van der Waals surface area contributed by atoms with Crippen molar-refractivity contribution in [3.63, 3.8) is 0 Å². The number of benzene rings is 3. The fourth-order valence-electron chi connectivity index (χ4n) is 3.14. The van der Waals surface area contributed by atoms with Crippen molar-refractivity contribution in [2.45, 2.75) is 43.2 Å². The highest BCUT2D eigenvalue weighted by Gasteiger charge is 2.30. The number of alkyl halides is 3. The van der Waals surface area contributed by atoms with Gasteiger partial charge in [-0.3, -0.25) is 5.01 Å². The van der Waals surface area contributed by atoms with Crippen molar-refractivity contribution < 1.29 is 27.8 Å². The number of anilines is 2. The van der Waals surface area contributed by atoms with Crippen LogP contribution in [0.2, 0.25) is 0 Å². The van der Waals surface area contributed by atoms with Crippen molar-refractivity contribution in [2.75, 3.05) is 5.01 Å². The molecule has 3 aromatic carbocycles. The van der Waals surface area contributed by atoms with Gasteiger partial charge in [-0.1, -0.05) is 12.1 Å². The molecule has 180 valence electrons. The molecule has 0 aromatic heterocycles. The van der Waals surface area contributed by atoms with Crippen molar-refractivity contribution in [2.24, 2.45) is 5.84 Å². The third-order valence-electron chi connectivity index (χ3n) is 5.26. The van der Waals surface area contributed by atoms with Crippen LogP contribution in [-0.4, -0.2) is 16.7 Å². The Labute approximate surface area is 200 Å². The number of hydrogen-bond acceptors (Lipinski definition) is 5. The standard InChI is InChI=1S/C25H25F3N2O3S/c1-16-17(15-34-21-13-11-20(12-14-21)33-24(2,3)23(31)32)5-4-6-22(16)30(29)19-9-7-18(8-10-19)25(26,27)28/h4-14H,15,29H2,1-3H3,(H,31,32). The van der Waals surface area contributed by atoms with Gasteiger partial charge in [0.05, 0.1) is 16.9 Å². The van der Waals surface area contributed by atoms with E-state index in [4.69, 9.17) is 10.6 Å². The van der Waals surface area contributed by atoms with E-state index in [1.165, 1.54) is 31.0 Å². The summed E-state index contributed by atoms with van der Waals surface area (Å²) in [5.74, 6) is 6.28. The molecular weight excluding hydrogens is 465 g/mol. The molecule has 0 aliphatic heterocycles. The first-order chi connectivity index (χ1) is 15.9. The number of rotatable bonds is 8. The van der Waals surface area contributed by atoms with E-state index >= 15 is 0 Å². The monoisotopic (exact) mass is 490 g/mol. The van der Waals surface area contributed by atoms with Crippen LogP contribution in [0, 0.1) is 6.92 Å². The van der Waals surface area contributed by atoms with Crippen LogP contribution in [0.25, 0.3) is 0 Å². The lowest BCUT2D eigenvalue weighted by Gasteiger charge is -2.23. The molecule has 0 aliphatic rings. The predicted molar refractivity (Wildman–Crippen MR) is 127 cm³/mol. The maximum atomic E-state index is 12.8. The first-order valence-corrected chi connectivity index (χ1v) is 11.3. The van der Waals surface area contributed by atoms with Crippen LogP contribution in [0.15, 0.2) is 71.6 Å². The fourth-order valence-corrected chi connectivity index (χ4v) is 4.10. The van der Waals surface area contributed by atoms with Crippen molar-refractivity contribution in [1.82, 2.24) is 0 Å². The topological polar surface area (TPSA) is 75.8 Å². The maximum Gasteiger partial charge on any atom is 0.416 e. The van der Waals surface area contributed by atoms with E-state index in [-0.39, 0.29) is 0 Å². The third kappa shape index (κ3) is 6.03. The number of halogens is 3. The summed E-state index contributed by atoms with van der Waals surface area (Å²) in [7, 11) is 0. The first kappa shape index (κ1) is 25.5. The SMILES string of the molecule is Cc1c(CSc2ccc(OC(C)(C)C(=O)O)cc2)cccc1N(N)c1ccc(C(F)(F)F)cc1. The van der Waals surface area contributed by atoms with Gasteiger partial charge in [0.25, 0.3) is 0 Å². The molecule has 34 heavy (non-hydrogen) atoms. The molecule has 0 heterocycles. The molecule has 0 fully saturated rings. The highest BCUT2D eigenvalue weighted by Crippen LogP contribution is 2.34. The van der Waals surface area contributed by atoms with Gasteiger partial charge in [0, 0.05) is 10.6 Å². The Hall–Kier alpha value is -3.17. The largest absolute Gasteiger partial charge is 0.478 e. The molecule has 0 radical (unpaired) electrons. The van der Waals surface area contributed by atoms with E-state index in [1.807, 2.05) is 37.3 Å². The minimum Gasteiger partial charge on any atom is -0.478 e. The van der Waals surface area contributed by atoms with Crippen molar-refractivity contribution in [1.29, 1.82) is 0 Å². The third-order valence-corrected chi connectivity index (χ3v) is 6.32. The number of carboxylic acid groups (broad SMARTS) is 1. The molecule has 3 aromatic rings. The van der Waals surface area contributed by atoms with Crippen LogP contribution >= 0.6 is 11.8 Å². The fraction of sp³-hybridized carbons (Fsp3) is 0.240. The molecule has 0 saturated carbocycles. The van der Waals surface area contributed by atoms with E-state index in [1.54, 1.807) is 23.9 Å². The molecule has 0 unspecified atom stereocenters. The van der Waals surface area contributed by atoms with E-state index in [0.717, 1.165) is 28.2 Å². The van der Waals surface area contributed by atoms with Crippen molar-refractivity contribution in [3.8, 4) is 5.75 Å². The van der Waals surface area contributed by atoms with Crippen LogP contribution in [0.1, 0.15) is 30.5 Å². The van der Waals surface area contributed by atoms with Crippen LogP contribution in [0.4, 0.5) is 24.5 Å². The highest BCUT2D eigenvalue weighted by atomic mass is 32.2. The van der Waals surface area contributed by atoms with E-state index in [0.29, 0.717) is 22.9 Å². The van der Waals surface area contributed by atoms with Crippen LogP contribution < -0.4 is 15.6 Å². The van der Waals surface area contributed by atoms with E-state index in [2.05, 4.69) is 0 Å². The Morgan fingerprint density at radius 3 is 2.21 bits per heavy atom. The van der Waals surface area contributed by atoms with Crippen LogP contribution in [0.3, 0.4) is 0 Å². The number of nitrogens with zero attached hydrogens (tertiary/aromatic N) is 1. The molecule has 3 N–H and O–H groups in total.